The van der Waals surface area contributed by atoms with Crippen LogP contribution in [0, 0.1) is 6.92 Å². The van der Waals surface area contributed by atoms with E-state index in [1.807, 2.05) is 0 Å². The van der Waals surface area contributed by atoms with Gasteiger partial charge in [-0.15, -0.1) is 0 Å². The summed E-state index contributed by atoms with van der Waals surface area (Å²) >= 11 is 0. The Bertz CT molecular complexity index is 1530. The number of alkyl halides is 3. The second-order valence-electron chi connectivity index (χ2n) is 8.05. The molecule has 0 bridgehead atoms. The molecule has 0 aliphatic rings. The second kappa shape index (κ2) is 9.65. The van der Waals surface area contributed by atoms with Gasteiger partial charge in [0.25, 0.3) is 15.6 Å². The fraction of sp³-hybridized carbons (Fsp3) is 0.200. The average molecular weight is 517 g/mol. The van der Waals surface area contributed by atoms with E-state index in [9.17, 15) is 26.4 Å². The Balaban J connectivity index is 1.66. The zero-order valence-electron chi connectivity index (χ0n) is 19.5. The molecule has 7 nitrogen and oxygen atoms in total. The van der Waals surface area contributed by atoms with Gasteiger partial charge in [0, 0.05) is 30.4 Å². The van der Waals surface area contributed by atoms with Crippen LogP contribution in [0.1, 0.15) is 29.3 Å². The molecule has 0 amide bonds. The topological polar surface area (TPSA) is 88.1 Å². The SMILES string of the molecule is CCN(c1ccccc1)S(=O)(=O)c1ccc(-n2[nH]c(C)c(Cc3ccccc3C(F)(F)F)c2=O)nc1. The lowest BCUT2D eigenvalue weighted by Crippen LogP contribution is -2.31. The molecule has 0 aliphatic heterocycles. The monoisotopic (exact) mass is 516 g/mol. The molecule has 0 aliphatic carbocycles. The maximum atomic E-state index is 13.4. The number of nitrogens with one attached hydrogen (secondary N) is 1. The largest absolute Gasteiger partial charge is 0.416 e. The fourth-order valence-corrected chi connectivity index (χ4v) is 5.38. The first-order valence-corrected chi connectivity index (χ1v) is 12.5. The molecule has 4 aromatic rings. The van der Waals surface area contributed by atoms with Crippen LogP contribution in [0.3, 0.4) is 0 Å². The molecule has 4 rings (SSSR count). The van der Waals surface area contributed by atoms with Crippen LogP contribution in [0.15, 0.2) is 82.6 Å². The molecule has 0 saturated heterocycles. The summed E-state index contributed by atoms with van der Waals surface area (Å²) in [6.07, 6.45) is -3.62. The van der Waals surface area contributed by atoms with Gasteiger partial charge in [-0.1, -0.05) is 36.4 Å². The Kier molecular flexibility index (Phi) is 6.77. The number of hydrogen-bond donors (Lipinski definition) is 1. The molecule has 36 heavy (non-hydrogen) atoms. The lowest BCUT2D eigenvalue weighted by molar-refractivity contribution is -0.138. The van der Waals surface area contributed by atoms with Crippen molar-refractivity contribution in [3.63, 3.8) is 0 Å². The summed E-state index contributed by atoms with van der Waals surface area (Å²) in [4.78, 5) is 17.1. The number of aromatic amines is 1. The van der Waals surface area contributed by atoms with Crippen LogP contribution in [-0.4, -0.2) is 29.7 Å². The lowest BCUT2D eigenvalue weighted by Gasteiger charge is -2.22. The van der Waals surface area contributed by atoms with Gasteiger partial charge in [-0.3, -0.25) is 14.2 Å². The number of aryl methyl sites for hydroxylation is 1. The van der Waals surface area contributed by atoms with Crippen molar-refractivity contribution in [2.75, 3.05) is 10.8 Å². The van der Waals surface area contributed by atoms with E-state index in [0.717, 1.165) is 16.9 Å². The molecule has 11 heteroatoms. The quantitative estimate of drug-likeness (QED) is 0.386. The maximum Gasteiger partial charge on any atom is 0.416 e. The highest BCUT2D eigenvalue weighted by atomic mass is 32.2. The number of sulfonamides is 1. The molecule has 0 unspecified atom stereocenters. The van der Waals surface area contributed by atoms with Crippen molar-refractivity contribution in [2.45, 2.75) is 31.3 Å². The van der Waals surface area contributed by atoms with Crippen molar-refractivity contribution in [1.82, 2.24) is 14.8 Å². The van der Waals surface area contributed by atoms with E-state index in [1.165, 1.54) is 34.6 Å². The van der Waals surface area contributed by atoms with E-state index < -0.39 is 27.3 Å². The summed E-state index contributed by atoms with van der Waals surface area (Å²) in [5.41, 5.74) is -0.339. The van der Waals surface area contributed by atoms with Gasteiger partial charge in [-0.2, -0.15) is 13.2 Å². The van der Waals surface area contributed by atoms with Crippen molar-refractivity contribution >= 4 is 15.7 Å². The van der Waals surface area contributed by atoms with Gasteiger partial charge in [-0.05, 0) is 49.7 Å². The smallest absolute Gasteiger partial charge is 0.294 e. The minimum absolute atomic E-state index is 0.0219. The van der Waals surface area contributed by atoms with E-state index in [2.05, 4.69) is 10.1 Å². The second-order valence-corrected chi connectivity index (χ2v) is 9.91. The molecule has 0 spiro atoms. The first kappa shape index (κ1) is 25.2. The summed E-state index contributed by atoms with van der Waals surface area (Å²) < 4.78 is 68.9. The molecular formula is C25H23F3N4O3S. The molecule has 2 aromatic heterocycles. The van der Waals surface area contributed by atoms with Crippen LogP contribution < -0.4 is 9.86 Å². The van der Waals surface area contributed by atoms with Crippen LogP contribution in [0.5, 0.6) is 0 Å². The molecule has 0 fully saturated rings. The fourth-order valence-electron chi connectivity index (χ4n) is 3.96. The molecule has 2 heterocycles. The van der Waals surface area contributed by atoms with Crippen molar-refractivity contribution in [3.05, 3.63) is 106 Å². The number of para-hydroxylation sites is 1. The van der Waals surface area contributed by atoms with Crippen molar-refractivity contribution in [1.29, 1.82) is 0 Å². The number of rotatable bonds is 7. The standard InChI is InChI=1S/C25H23F3N4O3S/c1-3-31(19-10-5-4-6-11-19)36(34,35)20-13-14-23(29-16-20)32-24(33)21(17(2)30-32)15-18-9-7-8-12-22(18)25(26,27)28/h4-14,16,30H,3,15H2,1-2H3. The Labute approximate surface area is 205 Å². The molecular weight excluding hydrogens is 493 g/mol. The normalized spacial score (nSPS) is 12.0. The Morgan fingerprint density at radius 1 is 1.00 bits per heavy atom. The van der Waals surface area contributed by atoms with Gasteiger partial charge in [0.1, 0.15) is 4.90 Å². The van der Waals surface area contributed by atoms with Crippen LogP contribution >= 0.6 is 0 Å². The summed E-state index contributed by atoms with van der Waals surface area (Å²) in [6, 6.07) is 16.4. The van der Waals surface area contributed by atoms with E-state index in [0.29, 0.717) is 11.4 Å². The number of hydrogen-bond acceptors (Lipinski definition) is 4. The van der Waals surface area contributed by atoms with Gasteiger partial charge in [0.05, 0.1) is 11.3 Å². The Morgan fingerprint density at radius 2 is 1.67 bits per heavy atom. The summed E-state index contributed by atoms with van der Waals surface area (Å²) in [7, 11) is -3.91. The third kappa shape index (κ3) is 4.78. The zero-order chi connectivity index (χ0) is 26.1. The minimum atomic E-state index is -4.55. The molecule has 188 valence electrons. The molecule has 1 N–H and O–H groups in total. The maximum absolute atomic E-state index is 13.4. The predicted molar refractivity (Wildman–Crippen MR) is 130 cm³/mol. The van der Waals surface area contributed by atoms with Gasteiger partial charge >= 0.3 is 6.18 Å². The number of nitrogens with zero attached hydrogens (tertiary/aromatic N) is 3. The Morgan fingerprint density at radius 3 is 2.28 bits per heavy atom. The highest BCUT2D eigenvalue weighted by Crippen LogP contribution is 2.33. The molecule has 0 radical (unpaired) electrons. The van der Waals surface area contributed by atoms with Gasteiger partial charge in [-0.25, -0.2) is 18.1 Å². The Hall–Kier alpha value is -3.86. The lowest BCUT2D eigenvalue weighted by atomic mass is 10.00. The van der Waals surface area contributed by atoms with Crippen molar-refractivity contribution in [2.24, 2.45) is 0 Å². The third-order valence-corrected chi connectivity index (χ3v) is 7.64. The predicted octanol–water partition coefficient (Wildman–Crippen LogP) is 4.69. The average Bonchev–Trinajstić information content (AvgIpc) is 3.13. The first-order chi connectivity index (χ1) is 17.0. The van der Waals surface area contributed by atoms with Crippen LogP contribution in [0.25, 0.3) is 5.82 Å². The number of anilines is 1. The number of pyridine rings is 1. The zero-order valence-corrected chi connectivity index (χ0v) is 20.3. The number of halogens is 3. The van der Waals surface area contributed by atoms with Gasteiger partial charge in [0.2, 0.25) is 0 Å². The van der Waals surface area contributed by atoms with E-state index in [1.54, 1.807) is 44.2 Å². The van der Waals surface area contributed by atoms with E-state index in [-0.39, 0.29) is 34.8 Å². The number of H-pyrrole nitrogens is 1. The summed E-state index contributed by atoms with van der Waals surface area (Å²) in [5, 5.41) is 2.83. The van der Waals surface area contributed by atoms with Gasteiger partial charge < -0.3 is 0 Å². The molecule has 0 atom stereocenters. The van der Waals surface area contributed by atoms with Crippen LogP contribution in [-0.2, 0) is 22.6 Å². The summed E-state index contributed by atoms with van der Waals surface area (Å²) in [5.74, 6) is 0.111. The molecule has 2 aromatic carbocycles. The number of benzene rings is 2. The van der Waals surface area contributed by atoms with Crippen molar-refractivity contribution in [3.8, 4) is 5.82 Å². The van der Waals surface area contributed by atoms with Crippen LogP contribution in [0.2, 0.25) is 0 Å². The van der Waals surface area contributed by atoms with E-state index >= 15 is 0 Å². The van der Waals surface area contributed by atoms with E-state index in [4.69, 9.17) is 0 Å². The molecule has 0 saturated carbocycles. The highest BCUT2D eigenvalue weighted by molar-refractivity contribution is 7.92. The van der Waals surface area contributed by atoms with Crippen LogP contribution in [0.4, 0.5) is 18.9 Å². The van der Waals surface area contributed by atoms with Crippen molar-refractivity contribution < 1.29 is 21.6 Å². The highest BCUT2D eigenvalue weighted by Gasteiger charge is 2.33. The summed E-state index contributed by atoms with van der Waals surface area (Å²) in [6.45, 7) is 3.50. The number of aromatic nitrogens is 3. The van der Waals surface area contributed by atoms with Gasteiger partial charge in [0.15, 0.2) is 5.82 Å². The first-order valence-electron chi connectivity index (χ1n) is 11.0. The third-order valence-electron chi connectivity index (χ3n) is 5.75. The minimum Gasteiger partial charge on any atom is -0.294 e.